The summed E-state index contributed by atoms with van der Waals surface area (Å²) in [6, 6.07) is 8.82. The number of aryl methyl sites for hydroxylation is 1. The van der Waals surface area contributed by atoms with Crippen LogP contribution in [0, 0.1) is 18.7 Å². The van der Waals surface area contributed by atoms with Gasteiger partial charge in [-0.15, -0.1) is 0 Å². The summed E-state index contributed by atoms with van der Waals surface area (Å²) in [7, 11) is -2.27. The Morgan fingerprint density at radius 3 is 2.52 bits per heavy atom. The lowest BCUT2D eigenvalue weighted by molar-refractivity contribution is 0.102. The number of hydrogen-bond acceptors (Lipinski definition) is 4. The van der Waals surface area contributed by atoms with Crippen LogP contribution in [-0.2, 0) is 10.0 Å². The Bertz CT molecular complexity index is 1130. The second kappa shape index (κ2) is 9.46. The summed E-state index contributed by atoms with van der Waals surface area (Å²) in [6.07, 6.45) is 1.60. The van der Waals surface area contributed by atoms with Crippen LogP contribution in [0.15, 0.2) is 45.7 Å². The number of halogens is 2. The predicted octanol–water partition coefficient (Wildman–Crippen LogP) is 4.53. The first-order chi connectivity index (χ1) is 14.6. The van der Waals surface area contributed by atoms with E-state index in [0.717, 1.165) is 43.6 Å². The van der Waals surface area contributed by atoms with Crippen molar-refractivity contribution >= 4 is 38.9 Å². The molecule has 1 heterocycles. The number of nitrogens with zero attached hydrogens (tertiary/aromatic N) is 2. The average molecular weight is 466 g/mol. The number of nitrogens with one attached hydrogen (secondary N) is 1. The molecular weight excluding hydrogens is 441 g/mol. The maximum absolute atomic E-state index is 14.7. The van der Waals surface area contributed by atoms with Crippen LogP contribution in [0.2, 0.25) is 5.02 Å². The van der Waals surface area contributed by atoms with E-state index < -0.39 is 26.6 Å². The minimum atomic E-state index is -4.28. The third kappa shape index (κ3) is 5.50. The molecule has 0 radical (unpaired) electrons. The molecule has 0 saturated carbocycles. The monoisotopic (exact) mass is 465 g/mol. The van der Waals surface area contributed by atoms with E-state index in [1.165, 1.54) is 0 Å². The number of sulfonamides is 1. The molecule has 0 bridgehead atoms. The first-order valence-corrected chi connectivity index (χ1v) is 11.8. The highest BCUT2D eigenvalue weighted by atomic mass is 35.5. The van der Waals surface area contributed by atoms with Crippen LogP contribution in [0.4, 0.5) is 10.1 Å². The molecule has 31 heavy (non-hydrogen) atoms. The van der Waals surface area contributed by atoms with Gasteiger partial charge in [0.05, 0.1) is 10.7 Å². The highest BCUT2D eigenvalue weighted by Crippen LogP contribution is 2.30. The molecule has 166 valence electrons. The number of carbonyl (C=O) groups excluding carboxylic acids is 1. The van der Waals surface area contributed by atoms with Gasteiger partial charge in [0, 0.05) is 23.3 Å². The number of benzene rings is 2. The van der Waals surface area contributed by atoms with Crippen molar-refractivity contribution in [2.24, 2.45) is 10.3 Å². The van der Waals surface area contributed by atoms with Gasteiger partial charge in [-0.1, -0.05) is 29.8 Å². The molecule has 0 spiro atoms. The molecule has 1 aliphatic rings. The minimum Gasteiger partial charge on any atom is -0.321 e. The Morgan fingerprint density at radius 2 is 1.87 bits per heavy atom. The van der Waals surface area contributed by atoms with Gasteiger partial charge in [-0.05, 0) is 64.5 Å². The summed E-state index contributed by atoms with van der Waals surface area (Å²) >= 11 is 6.18. The van der Waals surface area contributed by atoms with Gasteiger partial charge in [-0.2, -0.15) is 12.8 Å². The van der Waals surface area contributed by atoms with E-state index in [4.69, 9.17) is 11.6 Å². The number of anilines is 1. The molecule has 1 saturated heterocycles. The van der Waals surface area contributed by atoms with Gasteiger partial charge < -0.3 is 10.2 Å². The molecule has 1 amide bonds. The van der Waals surface area contributed by atoms with Crippen LogP contribution in [-0.4, -0.2) is 45.1 Å². The Balaban J connectivity index is 1.84. The topological polar surface area (TPSA) is 78.8 Å². The van der Waals surface area contributed by atoms with Crippen molar-refractivity contribution in [3.63, 3.8) is 0 Å². The summed E-state index contributed by atoms with van der Waals surface area (Å²) in [5.74, 6) is -1.45. The van der Waals surface area contributed by atoms with Crippen LogP contribution in [0.1, 0.15) is 35.7 Å². The SMILES string of the molecule is CC(=NS(=O)(=O)c1cc(Cl)c(NC(=O)c2ccccc2C)cc1F)C1CCN(C)CC1. The second-order valence-corrected chi connectivity index (χ2v) is 9.80. The molecule has 9 heteroatoms. The third-order valence-electron chi connectivity index (χ3n) is 5.51. The van der Waals surface area contributed by atoms with E-state index in [2.05, 4.69) is 14.6 Å². The van der Waals surface area contributed by atoms with Crippen molar-refractivity contribution < 1.29 is 17.6 Å². The number of amides is 1. The van der Waals surface area contributed by atoms with Crippen molar-refractivity contribution in [3.8, 4) is 0 Å². The van der Waals surface area contributed by atoms with E-state index in [0.29, 0.717) is 11.3 Å². The number of rotatable bonds is 5. The number of piperidine rings is 1. The van der Waals surface area contributed by atoms with Gasteiger partial charge in [0.15, 0.2) is 0 Å². The maximum atomic E-state index is 14.7. The van der Waals surface area contributed by atoms with Crippen molar-refractivity contribution in [1.29, 1.82) is 0 Å². The summed E-state index contributed by atoms with van der Waals surface area (Å²) in [5, 5.41) is 2.45. The van der Waals surface area contributed by atoms with Crippen LogP contribution < -0.4 is 5.32 Å². The molecule has 0 aromatic heterocycles. The van der Waals surface area contributed by atoms with Gasteiger partial charge in [0.25, 0.3) is 15.9 Å². The Labute approximate surface area is 187 Å². The fourth-order valence-electron chi connectivity index (χ4n) is 3.58. The summed E-state index contributed by atoms with van der Waals surface area (Å²) in [5.41, 5.74) is 1.60. The van der Waals surface area contributed by atoms with Crippen molar-refractivity contribution in [2.45, 2.75) is 31.6 Å². The zero-order chi connectivity index (χ0) is 22.8. The molecular formula is C22H25ClFN3O3S. The second-order valence-electron chi connectivity index (χ2n) is 7.82. The fourth-order valence-corrected chi connectivity index (χ4v) is 5.05. The van der Waals surface area contributed by atoms with Gasteiger partial charge in [0.1, 0.15) is 10.7 Å². The van der Waals surface area contributed by atoms with E-state index in [1.54, 1.807) is 38.1 Å². The molecule has 1 N–H and O–H groups in total. The van der Waals surface area contributed by atoms with Crippen LogP contribution in [0.5, 0.6) is 0 Å². The first-order valence-electron chi connectivity index (χ1n) is 9.94. The zero-order valence-corrected chi connectivity index (χ0v) is 19.2. The molecule has 2 aromatic rings. The summed E-state index contributed by atoms with van der Waals surface area (Å²) < 4.78 is 44.1. The van der Waals surface area contributed by atoms with Crippen molar-refractivity contribution in [3.05, 3.63) is 58.4 Å². The first kappa shape index (κ1) is 23.4. The molecule has 1 aliphatic heterocycles. The molecule has 0 aliphatic carbocycles. The van der Waals surface area contributed by atoms with Crippen LogP contribution in [0.3, 0.4) is 0 Å². The Hall–Kier alpha value is -2.29. The number of carbonyl (C=O) groups is 1. The predicted molar refractivity (Wildman–Crippen MR) is 121 cm³/mol. The standard InChI is InChI=1S/C22H25ClFN3O3S/c1-14-6-4-5-7-17(14)22(28)25-20-13-19(24)21(12-18(20)23)31(29,30)26-15(2)16-8-10-27(3)11-9-16/h4-7,12-13,16H,8-11H2,1-3H3,(H,25,28). The maximum Gasteiger partial charge on any atom is 0.285 e. The van der Waals surface area contributed by atoms with Gasteiger partial charge >= 0.3 is 0 Å². The minimum absolute atomic E-state index is 0.0117. The normalized spacial score (nSPS) is 16.4. The zero-order valence-electron chi connectivity index (χ0n) is 17.7. The molecule has 0 unspecified atom stereocenters. The summed E-state index contributed by atoms with van der Waals surface area (Å²) in [4.78, 5) is 14.0. The van der Waals surface area contributed by atoms with Crippen LogP contribution in [0.25, 0.3) is 0 Å². The largest absolute Gasteiger partial charge is 0.321 e. The van der Waals surface area contributed by atoms with Crippen molar-refractivity contribution in [1.82, 2.24) is 4.90 Å². The molecule has 3 rings (SSSR count). The highest BCUT2D eigenvalue weighted by molar-refractivity contribution is 7.90. The van der Waals surface area contributed by atoms with Crippen LogP contribution >= 0.6 is 11.6 Å². The number of likely N-dealkylation sites (tertiary alicyclic amines) is 1. The lowest BCUT2D eigenvalue weighted by atomic mass is 9.93. The number of hydrogen-bond donors (Lipinski definition) is 1. The Kier molecular flexibility index (Phi) is 7.13. The average Bonchev–Trinajstić information content (AvgIpc) is 2.70. The lowest BCUT2D eigenvalue weighted by Crippen LogP contribution is -2.33. The van der Waals surface area contributed by atoms with Gasteiger partial charge in [-0.3, -0.25) is 4.79 Å². The highest BCUT2D eigenvalue weighted by Gasteiger charge is 2.25. The lowest BCUT2D eigenvalue weighted by Gasteiger charge is -2.28. The molecule has 2 aromatic carbocycles. The third-order valence-corrected chi connectivity index (χ3v) is 7.22. The quantitative estimate of drug-likeness (QED) is 0.658. The molecule has 0 atom stereocenters. The summed E-state index contributed by atoms with van der Waals surface area (Å²) in [6.45, 7) is 5.14. The van der Waals surface area contributed by atoms with Gasteiger partial charge in [-0.25, -0.2) is 4.39 Å². The molecule has 1 fully saturated rings. The van der Waals surface area contributed by atoms with E-state index in [-0.39, 0.29) is 16.6 Å². The van der Waals surface area contributed by atoms with Gasteiger partial charge in [0.2, 0.25) is 0 Å². The van der Waals surface area contributed by atoms with Crippen molar-refractivity contribution in [2.75, 3.05) is 25.5 Å². The Morgan fingerprint density at radius 1 is 1.23 bits per heavy atom. The fraction of sp³-hybridized carbons (Fsp3) is 0.364. The smallest absolute Gasteiger partial charge is 0.285 e. The van der Waals surface area contributed by atoms with E-state index >= 15 is 0 Å². The molecule has 6 nitrogen and oxygen atoms in total. The van der Waals surface area contributed by atoms with E-state index in [1.807, 2.05) is 7.05 Å². The van der Waals surface area contributed by atoms with E-state index in [9.17, 15) is 17.6 Å².